The van der Waals surface area contributed by atoms with Crippen LogP contribution in [0.2, 0.25) is 0 Å². The van der Waals surface area contributed by atoms with Crippen molar-refractivity contribution in [3.63, 3.8) is 0 Å². The molecule has 0 fully saturated rings. The molecular formula is C12H18ClNO. The lowest BCUT2D eigenvalue weighted by Crippen LogP contribution is -2.11. The van der Waals surface area contributed by atoms with Crippen LogP contribution in [0.5, 0.6) is 0 Å². The number of nitrogens with one attached hydrogen (secondary N) is 1. The lowest BCUT2D eigenvalue weighted by Gasteiger charge is -2.03. The minimum absolute atomic E-state index is 0.0411. The number of carbonyl (C=O) groups is 1. The van der Waals surface area contributed by atoms with E-state index in [2.05, 4.69) is 5.32 Å². The molecule has 0 aliphatic carbocycles. The first-order chi connectivity index (χ1) is 7.22. The number of amides is 1. The standard InChI is InChI=1S/C10H12ClNO.C2H6/c1-8-3-2-4-9(7-8)12-10(13)5-6-11;1-2/h2-4,7H,5-6H2,1H3,(H,12,13);1-2H3. The molecule has 1 rings (SSSR count). The molecule has 0 aliphatic heterocycles. The number of rotatable bonds is 3. The molecular weight excluding hydrogens is 210 g/mol. The second kappa shape index (κ2) is 8.30. The van der Waals surface area contributed by atoms with Crippen molar-refractivity contribution in [1.82, 2.24) is 0 Å². The fourth-order valence-corrected chi connectivity index (χ4v) is 1.20. The molecule has 0 spiro atoms. The normalized spacial score (nSPS) is 8.80. The number of hydrogen-bond acceptors (Lipinski definition) is 1. The second-order valence-corrected chi connectivity index (χ2v) is 3.23. The maximum Gasteiger partial charge on any atom is 0.225 e. The number of benzene rings is 1. The topological polar surface area (TPSA) is 29.1 Å². The number of hydrogen-bond donors (Lipinski definition) is 1. The van der Waals surface area contributed by atoms with Crippen LogP contribution in [0.3, 0.4) is 0 Å². The van der Waals surface area contributed by atoms with Gasteiger partial charge in [0.05, 0.1) is 0 Å². The van der Waals surface area contributed by atoms with Gasteiger partial charge in [0, 0.05) is 18.0 Å². The van der Waals surface area contributed by atoms with E-state index in [1.807, 2.05) is 45.0 Å². The number of alkyl halides is 1. The summed E-state index contributed by atoms with van der Waals surface area (Å²) in [5.74, 6) is 0.318. The van der Waals surface area contributed by atoms with Gasteiger partial charge in [-0.05, 0) is 24.6 Å². The van der Waals surface area contributed by atoms with Gasteiger partial charge >= 0.3 is 0 Å². The van der Waals surface area contributed by atoms with Gasteiger partial charge in [0.15, 0.2) is 0 Å². The third-order valence-electron chi connectivity index (χ3n) is 1.62. The number of aryl methyl sites for hydroxylation is 1. The quantitative estimate of drug-likeness (QED) is 0.786. The highest BCUT2D eigenvalue weighted by atomic mass is 35.5. The number of halogens is 1. The van der Waals surface area contributed by atoms with Crippen molar-refractivity contribution in [2.24, 2.45) is 0 Å². The molecule has 0 heterocycles. The highest BCUT2D eigenvalue weighted by Gasteiger charge is 2.00. The summed E-state index contributed by atoms with van der Waals surface area (Å²) >= 11 is 5.43. The van der Waals surface area contributed by atoms with Gasteiger partial charge in [-0.1, -0.05) is 26.0 Å². The third kappa shape index (κ3) is 6.13. The Morgan fingerprint density at radius 3 is 2.60 bits per heavy atom. The van der Waals surface area contributed by atoms with Crippen molar-refractivity contribution < 1.29 is 4.79 Å². The van der Waals surface area contributed by atoms with Gasteiger partial charge in [0.25, 0.3) is 0 Å². The Bertz CT molecular complexity index is 299. The van der Waals surface area contributed by atoms with Crippen LogP contribution in [-0.2, 0) is 4.79 Å². The van der Waals surface area contributed by atoms with Gasteiger partial charge in [-0.2, -0.15) is 0 Å². The zero-order valence-electron chi connectivity index (χ0n) is 9.51. The van der Waals surface area contributed by atoms with Crippen LogP contribution in [0, 0.1) is 6.92 Å². The predicted molar refractivity (Wildman–Crippen MR) is 66.5 cm³/mol. The van der Waals surface area contributed by atoms with E-state index >= 15 is 0 Å². The Labute approximate surface area is 96.6 Å². The van der Waals surface area contributed by atoms with Crippen molar-refractivity contribution in [1.29, 1.82) is 0 Å². The summed E-state index contributed by atoms with van der Waals surface area (Å²) in [6, 6.07) is 7.67. The molecule has 0 radical (unpaired) electrons. The second-order valence-electron chi connectivity index (χ2n) is 2.86. The van der Waals surface area contributed by atoms with Crippen LogP contribution in [0.4, 0.5) is 5.69 Å². The molecule has 0 saturated carbocycles. The van der Waals surface area contributed by atoms with Crippen LogP contribution in [0.15, 0.2) is 24.3 Å². The van der Waals surface area contributed by atoms with Crippen molar-refractivity contribution in [3.05, 3.63) is 29.8 Å². The monoisotopic (exact) mass is 227 g/mol. The van der Waals surface area contributed by atoms with E-state index in [-0.39, 0.29) is 5.91 Å². The molecule has 0 saturated heterocycles. The first kappa shape index (κ1) is 14.0. The van der Waals surface area contributed by atoms with Crippen LogP contribution in [0.25, 0.3) is 0 Å². The SMILES string of the molecule is CC.Cc1cccc(NC(=O)CCCl)c1. The molecule has 0 aromatic heterocycles. The number of carbonyl (C=O) groups excluding carboxylic acids is 1. The summed E-state index contributed by atoms with van der Waals surface area (Å²) < 4.78 is 0. The van der Waals surface area contributed by atoms with Crippen molar-refractivity contribution in [2.75, 3.05) is 11.2 Å². The van der Waals surface area contributed by atoms with E-state index in [4.69, 9.17) is 11.6 Å². The summed E-state index contributed by atoms with van der Waals surface area (Å²) in [5.41, 5.74) is 1.96. The largest absolute Gasteiger partial charge is 0.326 e. The molecule has 0 atom stereocenters. The van der Waals surface area contributed by atoms with E-state index < -0.39 is 0 Å². The maximum atomic E-state index is 11.1. The van der Waals surface area contributed by atoms with Gasteiger partial charge < -0.3 is 5.32 Å². The first-order valence-electron chi connectivity index (χ1n) is 5.15. The summed E-state index contributed by atoms with van der Waals surface area (Å²) in [6.07, 6.45) is 0.357. The lowest BCUT2D eigenvalue weighted by atomic mass is 10.2. The smallest absolute Gasteiger partial charge is 0.225 e. The third-order valence-corrected chi connectivity index (χ3v) is 1.81. The molecule has 1 aromatic carbocycles. The van der Waals surface area contributed by atoms with Gasteiger partial charge in [0.1, 0.15) is 0 Å². The molecule has 84 valence electrons. The lowest BCUT2D eigenvalue weighted by molar-refractivity contribution is -0.115. The van der Waals surface area contributed by atoms with Crippen molar-refractivity contribution in [2.45, 2.75) is 27.2 Å². The van der Waals surface area contributed by atoms with E-state index in [0.29, 0.717) is 12.3 Å². The maximum absolute atomic E-state index is 11.1. The minimum atomic E-state index is -0.0411. The average Bonchev–Trinajstić information content (AvgIpc) is 2.21. The summed E-state index contributed by atoms with van der Waals surface area (Å²) in [4.78, 5) is 11.1. The summed E-state index contributed by atoms with van der Waals surface area (Å²) in [7, 11) is 0. The van der Waals surface area contributed by atoms with Crippen LogP contribution < -0.4 is 5.32 Å². The Kier molecular flexibility index (Phi) is 7.74. The molecule has 1 N–H and O–H groups in total. The van der Waals surface area contributed by atoms with Crippen LogP contribution in [-0.4, -0.2) is 11.8 Å². The van der Waals surface area contributed by atoms with Gasteiger partial charge in [-0.3, -0.25) is 4.79 Å². The predicted octanol–water partition coefficient (Wildman–Crippen LogP) is 3.59. The fourth-order valence-electron chi connectivity index (χ4n) is 1.03. The minimum Gasteiger partial charge on any atom is -0.326 e. The molecule has 15 heavy (non-hydrogen) atoms. The van der Waals surface area contributed by atoms with E-state index in [1.165, 1.54) is 0 Å². The van der Waals surface area contributed by atoms with E-state index in [0.717, 1.165) is 11.3 Å². The molecule has 1 amide bonds. The zero-order valence-corrected chi connectivity index (χ0v) is 10.3. The molecule has 0 aliphatic rings. The van der Waals surface area contributed by atoms with Crippen LogP contribution in [0.1, 0.15) is 25.8 Å². The molecule has 1 aromatic rings. The zero-order chi connectivity index (χ0) is 11.7. The van der Waals surface area contributed by atoms with E-state index in [1.54, 1.807) is 0 Å². The molecule has 0 bridgehead atoms. The highest BCUT2D eigenvalue weighted by molar-refractivity contribution is 6.19. The van der Waals surface area contributed by atoms with E-state index in [9.17, 15) is 4.79 Å². The number of anilines is 1. The fraction of sp³-hybridized carbons (Fsp3) is 0.417. The highest BCUT2D eigenvalue weighted by Crippen LogP contribution is 2.09. The van der Waals surface area contributed by atoms with Crippen LogP contribution >= 0.6 is 11.6 Å². The van der Waals surface area contributed by atoms with Gasteiger partial charge in [-0.25, -0.2) is 0 Å². The molecule has 0 unspecified atom stereocenters. The Balaban J connectivity index is 0.000000921. The average molecular weight is 228 g/mol. The summed E-state index contributed by atoms with van der Waals surface area (Å²) in [6.45, 7) is 5.98. The Morgan fingerprint density at radius 1 is 1.40 bits per heavy atom. The summed E-state index contributed by atoms with van der Waals surface area (Å²) in [5, 5.41) is 2.76. The molecule has 3 heteroatoms. The van der Waals surface area contributed by atoms with Crippen molar-refractivity contribution >= 4 is 23.2 Å². The first-order valence-corrected chi connectivity index (χ1v) is 5.68. The van der Waals surface area contributed by atoms with Gasteiger partial charge in [-0.15, -0.1) is 11.6 Å². The van der Waals surface area contributed by atoms with Crippen molar-refractivity contribution in [3.8, 4) is 0 Å². The van der Waals surface area contributed by atoms with Gasteiger partial charge in [0.2, 0.25) is 5.91 Å². The Morgan fingerprint density at radius 2 is 2.07 bits per heavy atom. The Hall–Kier alpha value is -1.02. The molecule has 2 nitrogen and oxygen atoms in total.